The smallest absolute Gasteiger partial charge is 0.150 e. The van der Waals surface area contributed by atoms with Crippen molar-refractivity contribution in [2.45, 2.75) is 13.5 Å². The Morgan fingerprint density at radius 3 is 3.00 bits per heavy atom. The maximum absolute atomic E-state index is 10.4. The van der Waals surface area contributed by atoms with E-state index in [1.807, 2.05) is 0 Å². The Kier molecular flexibility index (Phi) is 2.33. The lowest BCUT2D eigenvalue weighted by Crippen LogP contribution is -1.95. The molecular weight excluding hydrogens is 142 g/mol. The lowest BCUT2D eigenvalue weighted by Gasteiger charge is -1.99. The number of aliphatic hydroxyl groups excluding tert-OH is 1. The highest BCUT2D eigenvalue weighted by Crippen LogP contribution is 2.05. The molecule has 0 radical (unpaired) electrons. The van der Waals surface area contributed by atoms with Gasteiger partial charge < -0.3 is 5.11 Å². The first-order valence-electron chi connectivity index (χ1n) is 3.29. The van der Waals surface area contributed by atoms with Crippen molar-refractivity contribution in [2.75, 3.05) is 0 Å². The molecule has 1 N–H and O–H groups in total. The molecule has 0 amide bonds. The minimum Gasteiger partial charge on any atom is -0.392 e. The van der Waals surface area contributed by atoms with Crippen molar-refractivity contribution in [3.8, 4) is 0 Å². The Balaban J connectivity index is 3.16. The maximum atomic E-state index is 10.4. The van der Waals surface area contributed by atoms with Crippen LogP contribution in [0.5, 0.6) is 0 Å². The van der Waals surface area contributed by atoms with Crippen LogP contribution in [0.1, 0.15) is 21.6 Å². The molecule has 0 saturated heterocycles. The largest absolute Gasteiger partial charge is 0.392 e. The first-order chi connectivity index (χ1) is 5.27. The molecule has 1 aromatic heterocycles. The quantitative estimate of drug-likeness (QED) is 0.633. The summed E-state index contributed by atoms with van der Waals surface area (Å²) in [5, 5.41) is 8.74. The fraction of sp³-hybridized carbons (Fsp3) is 0.250. The van der Waals surface area contributed by atoms with Crippen molar-refractivity contribution < 1.29 is 9.90 Å². The average molecular weight is 151 g/mol. The van der Waals surface area contributed by atoms with Crippen LogP contribution in [0.3, 0.4) is 0 Å². The van der Waals surface area contributed by atoms with Crippen LogP contribution in [0, 0.1) is 6.92 Å². The van der Waals surface area contributed by atoms with E-state index in [0.29, 0.717) is 11.1 Å². The molecule has 0 aromatic carbocycles. The van der Waals surface area contributed by atoms with Gasteiger partial charge in [0.05, 0.1) is 6.61 Å². The molecule has 1 aromatic rings. The number of hydrogen-bond donors (Lipinski definition) is 1. The Labute approximate surface area is 64.7 Å². The number of rotatable bonds is 2. The highest BCUT2D eigenvalue weighted by atomic mass is 16.3. The molecule has 0 saturated carbocycles. The molecule has 0 atom stereocenters. The topological polar surface area (TPSA) is 50.2 Å². The van der Waals surface area contributed by atoms with Crippen molar-refractivity contribution in [3.63, 3.8) is 0 Å². The maximum Gasteiger partial charge on any atom is 0.150 e. The number of aryl methyl sites for hydroxylation is 1. The highest BCUT2D eigenvalue weighted by Gasteiger charge is 1.99. The molecule has 11 heavy (non-hydrogen) atoms. The lowest BCUT2D eigenvalue weighted by molar-refractivity contribution is 0.112. The Morgan fingerprint density at radius 2 is 2.45 bits per heavy atom. The minimum atomic E-state index is -0.138. The van der Waals surface area contributed by atoms with Gasteiger partial charge >= 0.3 is 0 Å². The summed E-state index contributed by atoms with van der Waals surface area (Å²) in [6, 6.07) is 1.65. The summed E-state index contributed by atoms with van der Waals surface area (Å²) in [6.07, 6.45) is 2.24. The third-order valence-corrected chi connectivity index (χ3v) is 1.46. The molecule has 0 fully saturated rings. The summed E-state index contributed by atoms with van der Waals surface area (Å²) >= 11 is 0. The van der Waals surface area contributed by atoms with E-state index in [1.165, 1.54) is 6.20 Å². The van der Waals surface area contributed by atoms with Crippen LogP contribution in [0.4, 0.5) is 0 Å². The van der Waals surface area contributed by atoms with E-state index in [4.69, 9.17) is 5.11 Å². The van der Waals surface area contributed by atoms with Gasteiger partial charge in [0.1, 0.15) is 0 Å². The molecule has 1 heterocycles. The molecule has 0 aliphatic carbocycles. The van der Waals surface area contributed by atoms with Crippen molar-refractivity contribution in [3.05, 3.63) is 29.1 Å². The van der Waals surface area contributed by atoms with E-state index in [9.17, 15) is 4.79 Å². The van der Waals surface area contributed by atoms with Gasteiger partial charge in [-0.15, -0.1) is 0 Å². The Hall–Kier alpha value is -1.22. The average Bonchev–Trinajstić information content (AvgIpc) is 2.04. The predicted octanol–water partition coefficient (Wildman–Crippen LogP) is 0.695. The van der Waals surface area contributed by atoms with Gasteiger partial charge in [0, 0.05) is 23.0 Å². The second-order valence-corrected chi connectivity index (χ2v) is 2.30. The number of aromatic nitrogens is 1. The first-order valence-corrected chi connectivity index (χ1v) is 3.29. The van der Waals surface area contributed by atoms with E-state index < -0.39 is 0 Å². The van der Waals surface area contributed by atoms with Crippen LogP contribution < -0.4 is 0 Å². The number of aldehydes is 1. The molecule has 3 heteroatoms. The highest BCUT2D eigenvalue weighted by molar-refractivity contribution is 5.77. The van der Waals surface area contributed by atoms with E-state index >= 15 is 0 Å². The Bertz CT molecular complexity index is 271. The molecule has 0 spiro atoms. The number of carbonyl (C=O) groups excluding carboxylic acids is 1. The molecular formula is C8H9NO2. The fourth-order valence-corrected chi connectivity index (χ4v) is 0.851. The zero-order valence-corrected chi connectivity index (χ0v) is 6.24. The second kappa shape index (κ2) is 3.25. The van der Waals surface area contributed by atoms with E-state index in [0.717, 1.165) is 12.0 Å². The molecule has 58 valence electrons. The fourth-order valence-electron chi connectivity index (χ4n) is 0.851. The molecule has 0 aliphatic rings. The summed E-state index contributed by atoms with van der Waals surface area (Å²) in [7, 11) is 0. The monoisotopic (exact) mass is 151 g/mol. The van der Waals surface area contributed by atoms with Gasteiger partial charge in [0.2, 0.25) is 0 Å². The number of nitrogens with zero attached hydrogens (tertiary/aromatic N) is 1. The third-order valence-electron chi connectivity index (χ3n) is 1.46. The van der Waals surface area contributed by atoms with Gasteiger partial charge in [-0.25, -0.2) is 0 Å². The van der Waals surface area contributed by atoms with Crippen LogP contribution in [0.25, 0.3) is 0 Å². The summed E-state index contributed by atoms with van der Waals surface area (Å²) < 4.78 is 0. The van der Waals surface area contributed by atoms with Gasteiger partial charge in [-0.3, -0.25) is 9.78 Å². The van der Waals surface area contributed by atoms with Crippen molar-refractivity contribution in [1.29, 1.82) is 0 Å². The van der Waals surface area contributed by atoms with Gasteiger partial charge in [-0.1, -0.05) is 0 Å². The van der Waals surface area contributed by atoms with Gasteiger partial charge in [-0.2, -0.15) is 0 Å². The normalized spacial score (nSPS) is 9.64. The van der Waals surface area contributed by atoms with Crippen LogP contribution in [-0.2, 0) is 6.61 Å². The van der Waals surface area contributed by atoms with E-state index in [-0.39, 0.29) is 6.61 Å². The molecule has 0 unspecified atom stereocenters. The number of pyridine rings is 1. The standard InChI is InChI=1S/C8H9NO2/c1-6-2-7(4-10)8(5-11)3-9-6/h2-4,11H,5H2,1H3. The van der Waals surface area contributed by atoms with Crippen molar-refractivity contribution in [1.82, 2.24) is 4.98 Å². The number of aliphatic hydroxyl groups is 1. The van der Waals surface area contributed by atoms with Crippen LogP contribution >= 0.6 is 0 Å². The lowest BCUT2D eigenvalue weighted by atomic mass is 10.1. The number of carbonyl (C=O) groups is 1. The van der Waals surface area contributed by atoms with Gasteiger partial charge in [-0.05, 0) is 13.0 Å². The zero-order valence-electron chi connectivity index (χ0n) is 6.24. The SMILES string of the molecule is Cc1cc(C=O)c(CO)cn1. The van der Waals surface area contributed by atoms with Gasteiger partial charge in [0.15, 0.2) is 6.29 Å². The molecule has 3 nitrogen and oxygen atoms in total. The van der Waals surface area contributed by atoms with Gasteiger partial charge in [0.25, 0.3) is 0 Å². The molecule has 0 bridgehead atoms. The summed E-state index contributed by atoms with van der Waals surface area (Å²) in [4.78, 5) is 14.3. The zero-order chi connectivity index (χ0) is 8.27. The van der Waals surface area contributed by atoms with E-state index in [2.05, 4.69) is 4.98 Å². The number of hydrogen-bond acceptors (Lipinski definition) is 3. The van der Waals surface area contributed by atoms with Crippen LogP contribution in [-0.4, -0.2) is 16.4 Å². The van der Waals surface area contributed by atoms with E-state index in [1.54, 1.807) is 13.0 Å². The minimum absolute atomic E-state index is 0.138. The molecule has 0 aliphatic heterocycles. The van der Waals surface area contributed by atoms with Crippen molar-refractivity contribution >= 4 is 6.29 Å². The van der Waals surface area contributed by atoms with Crippen LogP contribution in [0.2, 0.25) is 0 Å². The second-order valence-electron chi connectivity index (χ2n) is 2.30. The predicted molar refractivity (Wildman–Crippen MR) is 40.3 cm³/mol. The summed E-state index contributed by atoms with van der Waals surface area (Å²) in [6.45, 7) is 1.66. The first kappa shape index (κ1) is 7.88. The van der Waals surface area contributed by atoms with Crippen LogP contribution in [0.15, 0.2) is 12.3 Å². The third kappa shape index (κ3) is 1.62. The Morgan fingerprint density at radius 1 is 1.73 bits per heavy atom. The van der Waals surface area contributed by atoms with Crippen molar-refractivity contribution in [2.24, 2.45) is 0 Å². The summed E-state index contributed by atoms with van der Waals surface area (Å²) in [5.41, 5.74) is 1.87. The molecule has 1 rings (SSSR count). The summed E-state index contributed by atoms with van der Waals surface area (Å²) in [5.74, 6) is 0.